The van der Waals surface area contributed by atoms with E-state index in [1.54, 1.807) is 0 Å². The van der Waals surface area contributed by atoms with E-state index in [1.807, 2.05) is 0 Å². The zero-order chi connectivity index (χ0) is 58.5. The highest BCUT2D eigenvalue weighted by Gasteiger charge is 2.19. The molecule has 0 aliphatic carbocycles. The molecular formula is C75H128O6. The number of carbonyl (C=O) groups is 3. The lowest BCUT2D eigenvalue weighted by Gasteiger charge is -2.18. The van der Waals surface area contributed by atoms with Crippen LogP contribution in [-0.2, 0) is 28.6 Å². The maximum absolute atomic E-state index is 12.9. The zero-order valence-electron chi connectivity index (χ0n) is 53.3. The van der Waals surface area contributed by atoms with Crippen LogP contribution < -0.4 is 0 Å². The topological polar surface area (TPSA) is 78.9 Å². The van der Waals surface area contributed by atoms with Crippen molar-refractivity contribution in [1.29, 1.82) is 0 Å². The fraction of sp³-hybridized carbons (Fsp3) is 0.720. The zero-order valence-corrected chi connectivity index (χ0v) is 53.3. The van der Waals surface area contributed by atoms with Crippen molar-refractivity contribution in [3.63, 3.8) is 0 Å². The molecule has 6 nitrogen and oxygen atoms in total. The normalized spacial score (nSPS) is 12.8. The first kappa shape index (κ1) is 77.1. The van der Waals surface area contributed by atoms with Crippen LogP contribution in [0.2, 0.25) is 0 Å². The standard InChI is InChI=1S/C75H128O6/c1-4-7-10-13-16-19-22-25-28-30-32-34-35-36-37-38-39-41-42-44-47-50-53-56-59-62-65-68-74(77)80-71-72(70-79-73(76)67-64-61-58-55-52-49-46-27-24-21-18-15-12-9-6-3)81-75(78)69-66-63-60-57-54-51-48-45-43-40-33-31-29-26-23-20-17-14-11-8-5-2/h8,11,17-18,20-22,25-27,29-30,32-33,40,45-46,48,72H,4-7,9-10,12-16,19,23-24,28,31,34-39,41-44,47,49-71H2,1-3H3/b11-8-,20-17-,21-18-,25-22-,29-26-,32-30-,40-33-,46-27-,48-45-. The molecule has 0 heterocycles. The lowest BCUT2D eigenvalue weighted by molar-refractivity contribution is -0.167. The van der Waals surface area contributed by atoms with Gasteiger partial charge >= 0.3 is 17.9 Å². The Hall–Kier alpha value is -3.93. The Morgan fingerprint density at radius 3 is 0.778 bits per heavy atom. The number of ether oxygens (including phenoxy) is 3. The number of hydrogen-bond acceptors (Lipinski definition) is 6. The van der Waals surface area contributed by atoms with E-state index in [1.165, 1.54) is 148 Å². The van der Waals surface area contributed by atoms with E-state index in [0.717, 1.165) is 141 Å². The second kappa shape index (κ2) is 68.6. The summed E-state index contributed by atoms with van der Waals surface area (Å²) in [6.45, 7) is 6.49. The van der Waals surface area contributed by atoms with Gasteiger partial charge in [-0.25, -0.2) is 0 Å². The van der Waals surface area contributed by atoms with Gasteiger partial charge in [-0.15, -0.1) is 0 Å². The van der Waals surface area contributed by atoms with Crippen molar-refractivity contribution in [2.75, 3.05) is 13.2 Å². The van der Waals surface area contributed by atoms with Crippen molar-refractivity contribution >= 4 is 17.9 Å². The van der Waals surface area contributed by atoms with Crippen molar-refractivity contribution in [2.45, 2.75) is 335 Å². The summed E-state index contributed by atoms with van der Waals surface area (Å²) >= 11 is 0. The van der Waals surface area contributed by atoms with Gasteiger partial charge in [0.15, 0.2) is 6.10 Å². The summed E-state index contributed by atoms with van der Waals surface area (Å²) in [5.74, 6) is -0.913. The lowest BCUT2D eigenvalue weighted by atomic mass is 10.0. The summed E-state index contributed by atoms with van der Waals surface area (Å²) in [6.07, 6.45) is 93.9. The number of allylic oxidation sites excluding steroid dienone is 18. The first-order valence-electron chi connectivity index (χ1n) is 34.4. The maximum atomic E-state index is 12.9. The molecule has 0 N–H and O–H groups in total. The molecule has 0 fully saturated rings. The summed E-state index contributed by atoms with van der Waals surface area (Å²) < 4.78 is 16.9. The third-order valence-electron chi connectivity index (χ3n) is 14.7. The van der Waals surface area contributed by atoms with Crippen LogP contribution in [0.5, 0.6) is 0 Å². The number of esters is 3. The van der Waals surface area contributed by atoms with Crippen molar-refractivity contribution in [3.05, 3.63) is 109 Å². The van der Waals surface area contributed by atoms with Crippen molar-refractivity contribution in [1.82, 2.24) is 0 Å². The quantitative estimate of drug-likeness (QED) is 0.0261. The summed E-state index contributed by atoms with van der Waals surface area (Å²) in [7, 11) is 0. The lowest BCUT2D eigenvalue weighted by Crippen LogP contribution is -2.30. The third-order valence-corrected chi connectivity index (χ3v) is 14.7. The predicted molar refractivity (Wildman–Crippen MR) is 353 cm³/mol. The molecule has 0 aromatic carbocycles. The third kappa shape index (κ3) is 66.8. The van der Waals surface area contributed by atoms with Crippen LogP contribution in [0.15, 0.2) is 109 Å². The molecule has 1 atom stereocenters. The van der Waals surface area contributed by atoms with E-state index >= 15 is 0 Å². The van der Waals surface area contributed by atoms with E-state index in [4.69, 9.17) is 14.2 Å². The van der Waals surface area contributed by atoms with E-state index < -0.39 is 6.10 Å². The molecule has 0 saturated carbocycles. The average Bonchev–Trinajstić information content (AvgIpc) is 3.47. The van der Waals surface area contributed by atoms with Crippen molar-refractivity contribution in [2.24, 2.45) is 0 Å². The highest BCUT2D eigenvalue weighted by Crippen LogP contribution is 2.16. The number of rotatable bonds is 62. The van der Waals surface area contributed by atoms with Crippen LogP contribution in [0.3, 0.4) is 0 Å². The SMILES string of the molecule is CC/C=C\C/C=C\C/C=C\C/C=C\C/C=C\CCCCCCCC(=O)OC(COC(=O)CCCCCCC/C=C\C/C=C\CCCCC)COC(=O)CCCCCCCCCCCCCCCCC/C=C\C/C=C\CCCCCCC. The van der Waals surface area contributed by atoms with Crippen molar-refractivity contribution in [3.8, 4) is 0 Å². The van der Waals surface area contributed by atoms with Crippen LogP contribution in [0, 0.1) is 0 Å². The highest BCUT2D eigenvalue weighted by atomic mass is 16.6. The molecule has 0 aromatic rings. The Morgan fingerprint density at radius 1 is 0.259 bits per heavy atom. The van der Waals surface area contributed by atoms with Crippen LogP contribution in [-0.4, -0.2) is 37.2 Å². The molecule has 0 amide bonds. The summed E-state index contributed by atoms with van der Waals surface area (Å²) in [4.78, 5) is 38.4. The largest absolute Gasteiger partial charge is 0.462 e. The first-order valence-corrected chi connectivity index (χ1v) is 34.4. The van der Waals surface area contributed by atoms with Gasteiger partial charge in [-0.05, 0) is 128 Å². The Balaban J connectivity index is 4.35. The molecule has 0 bridgehead atoms. The van der Waals surface area contributed by atoms with Gasteiger partial charge in [0, 0.05) is 19.3 Å². The second-order valence-corrected chi connectivity index (χ2v) is 22.7. The van der Waals surface area contributed by atoms with Gasteiger partial charge in [0.1, 0.15) is 13.2 Å². The maximum Gasteiger partial charge on any atom is 0.306 e. The van der Waals surface area contributed by atoms with Crippen LogP contribution in [0.4, 0.5) is 0 Å². The fourth-order valence-corrected chi connectivity index (χ4v) is 9.59. The minimum absolute atomic E-state index is 0.0903. The first-order chi connectivity index (χ1) is 40.0. The van der Waals surface area contributed by atoms with E-state index in [9.17, 15) is 14.4 Å². The van der Waals surface area contributed by atoms with Gasteiger partial charge in [-0.1, -0.05) is 291 Å². The Morgan fingerprint density at radius 2 is 0.481 bits per heavy atom. The molecule has 0 spiro atoms. The average molecular weight is 1130 g/mol. The Labute approximate surface area is 501 Å². The van der Waals surface area contributed by atoms with Gasteiger partial charge in [-0.2, -0.15) is 0 Å². The molecule has 81 heavy (non-hydrogen) atoms. The van der Waals surface area contributed by atoms with Gasteiger partial charge in [-0.3, -0.25) is 14.4 Å². The molecule has 6 heteroatoms. The molecule has 464 valence electrons. The molecule has 0 rings (SSSR count). The summed E-state index contributed by atoms with van der Waals surface area (Å²) in [6, 6.07) is 0. The Kier molecular flexibility index (Phi) is 65.2. The minimum atomic E-state index is -0.798. The second-order valence-electron chi connectivity index (χ2n) is 22.7. The fourth-order valence-electron chi connectivity index (χ4n) is 9.59. The molecule has 0 aliphatic rings. The highest BCUT2D eigenvalue weighted by molar-refractivity contribution is 5.71. The number of unbranched alkanes of at least 4 members (excludes halogenated alkanes) is 33. The smallest absolute Gasteiger partial charge is 0.306 e. The molecule has 1 unspecified atom stereocenters. The van der Waals surface area contributed by atoms with E-state index in [0.29, 0.717) is 19.3 Å². The van der Waals surface area contributed by atoms with E-state index in [-0.39, 0.29) is 31.1 Å². The van der Waals surface area contributed by atoms with Crippen molar-refractivity contribution < 1.29 is 28.6 Å². The summed E-state index contributed by atoms with van der Waals surface area (Å²) in [5, 5.41) is 0. The van der Waals surface area contributed by atoms with Gasteiger partial charge in [0.25, 0.3) is 0 Å². The van der Waals surface area contributed by atoms with Gasteiger partial charge < -0.3 is 14.2 Å². The summed E-state index contributed by atoms with van der Waals surface area (Å²) in [5.41, 5.74) is 0. The molecular weight excluding hydrogens is 997 g/mol. The van der Waals surface area contributed by atoms with Gasteiger partial charge in [0.05, 0.1) is 0 Å². The van der Waals surface area contributed by atoms with Crippen LogP contribution in [0.25, 0.3) is 0 Å². The van der Waals surface area contributed by atoms with Crippen LogP contribution in [0.1, 0.15) is 329 Å². The van der Waals surface area contributed by atoms with Crippen LogP contribution >= 0.6 is 0 Å². The molecule has 0 saturated heterocycles. The number of carbonyl (C=O) groups excluding carboxylic acids is 3. The van der Waals surface area contributed by atoms with E-state index in [2.05, 4.69) is 130 Å². The number of hydrogen-bond donors (Lipinski definition) is 0. The van der Waals surface area contributed by atoms with Gasteiger partial charge in [0.2, 0.25) is 0 Å². The molecule has 0 aliphatic heterocycles. The monoisotopic (exact) mass is 1120 g/mol. The predicted octanol–water partition coefficient (Wildman–Crippen LogP) is 23.8. The molecule has 0 radical (unpaired) electrons. The minimum Gasteiger partial charge on any atom is -0.462 e. The Bertz CT molecular complexity index is 1620. The molecule has 0 aromatic heterocycles.